The number of hydrogen-bond acceptors (Lipinski definition) is 3. The Kier molecular flexibility index (Phi) is 5.75. The molecule has 0 aromatic heterocycles. The van der Waals surface area contributed by atoms with Crippen LogP contribution in [0.3, 0.4) is 0 Å². The molecule has 0 bridgehead atoms. The third kappa shape index (κ3) is 4.18. The van der Waals surface area contributed by atoms with Crippen molar-refractivity contribution in [3.8, 4) is 0 Å². The molecule has 0 saturated heterocycles. The van der Waals surface area contributed by atoms with Gasteiger partial charge in [-0.05, 0) is 54.8 Å². The van der Waals surface area contributed by atoms with Crippen LogP contribution in [0.1, 0.15) is 33.1 Å². The zero-order valence-electron chi connectivity index (χ0n) is 17.9. The number of rotatable bonds is 6. The largest absolute Gasteiger partial charge is 0.378 e. The zero-order valence-corrected chi connectivity index (χ0v) is 17.9. The molecule has 0 radical (unpaired) electrons. The molecular formula is C26H29N3O. The summed E-state index contributed by atoms with van der Waals surface area (Å²) in [6.45, 7) is 3.52. The van der Waals surface area contributed by atoms with Crippen LogP contribution in [0.5, 0.6) is 0 Å². The summed E-state index contributed by atoms with van der Waals surface area (Å²) >= 11 is 0. The lowest BCUT2D eigenvalue weighted by atomic mass is 10.0. The molecule has 3 aromatic rings. The molecule has 0 aliphatic carbocycles. The van der Waals surface area contributed by atoms with Gasteiger partial charge in [-0.15, -0.1) is 0 Å². The number of para-hydroxylation sites is 1. The number of nitrogens with zero attached hydrogens (tertiary/aromatic N) is 2. The van der Waals surface area contributed by atoms with Gasteiger partial charge in [-0.25, -0.2) is 0 Å². The van der Waals surface area contributed by atoms with Gasteiger partial charge in [-0.1, -0.05) is 48.0 Å². The van der Waals surface area contributed by atoms with E-state index in [2.05, 4.69) is 63.6 Å². The van der Waals surface area contributed by atoms with Gasteiger partial charge in [0.25, 0.3) is 5.91 Å². The predicted molar refractivity (Wildman–Crippen MR) is 125 cm³/mol. The van der Waals surface area contributed by atoms with Crippen LogP contribution in [-0.2, 0) is 6.42 Å². The SMILES string of the molecule is Cc1cccc(C(=O)NC[C@@H](c2ccc(N(C)C)cc2)N2CCc3ccccc32)c1. The second-order valence-electron chi connectivity index (χ2n) is 8.15. The van der Waals surface area contributed by atoms with Gasteiger partial charge in [0.2, 0.25) is 0 Å². The van der Waals surface area contributed by atoms with E-state index in [4.69, 9.17) is 0 Å². The van der Waals surface area contributed by atoms with Gasteiger partial charge in [0.05, 0.1) is 6.04 Å². The lowest BCUT2D eigenvalue weighted by Crippen LogP contribution is -2.37. The Hall–Kier alpha value is -3.27. The Bertz CT molecular complexity index is 1030. The average molecular weight is 400 g/mol. The van der Waals surface area contributed by atoms with Crippen molar-refractivity contribution < 1.29 is 4.79 Å². The van der Waals surface area contributed by atoms with Gasteiger partial charge in [0.15, 0.2) is 0 Å². The highest BCUT2D eigenvalue weighted by atomic mass is 16.1. The first-order valence-electron chi connectivity index (χ1n) is 10.5. The van der Waals surface area contributed by atoms with Crippen molar-refractivity contribution in [2.45, 2.75) is 19.4 Å². The van der Waals surface area contributed by atoms with Crippen molar-refractivity contribution in [1.29, 1.82) is 0 Å². The van der Waals surface area contributed by atoms with Gasteiger partial charge in [0, 0.05) is 44.1 Å². The second-order valence-corrected chi connectivity index (χ2v) is 8.15. The van der Waals surface area contributed by atoms with Crippen LogP contribution in [0.15, 0.2) is 72.8 Å². The lowest BCUT2D eigenvalue weighted by molar-refractivity contribution is 0.0951. The van der Waals surface area contributed by atoms with E-state index >= 15 is 0 Å². The zero-order chi connectivity index (χ0) is 21.1. The van der Waals surface area contributed by atoms with Crippen LogP contribution < -0.4 is 15.1 Å². The molecule has 1 atom stereocenters. The van der Waals surface area contributed by atoms with Gasteiger partial charge >= 0.3 is 0 Å². The number of anilines is 2. The third-order valence-corrected chi connectivity index (χ3v) is 5.83. The fourth-order valence-electron chi connectivity index (χ4n) is 4.17. The molecule has 0 spiro atoms. The molecule has 4 rings (SSSR count). The summed E-state index contributed by atoms with van der Waals surface area (Å²) in [5.41, 5.74) is 6.82. The maximum atomic E-state index is 12.8. The van der Waals surface area contributed by atoms with E-state index in [0.717, 1.165) is 18.5 Å². The molecule has 4 heteroatoms. The summed E-state index contributed by atoms with van der Waals surface area (Å²) in [4.78, 5) is 17.3. The summed E-state index contributed by atoms with van der Waals surface area (Å²) in [5.74, 6) is -0.0268. The molecule has 1 aliphatic rings. The Labute approximate surface area is 179 Å². The number of carbonyl (C=O) groups excluding carboxylic acids is 1. The lowest BCUT2D eigenvalue weighted by Gasteiger charge is -2.31. The predicted octanol–water partition coefficient (Wildman–Crippen LogP) is 4.59. The summed E-state index contributed by atoms with van der Waals surface area (Å²) in [7, 11) is 4.09. The number of aryl methyl sites for hydroxylation is 1. The monoisotopic (exact) mass is 399 g/mol. The van der Waals surface area contributed by atoms with Gasteiger partial charge in [-0.2, -0.15) is 0 Å². The van der Waals surface area contributed by atoms with Crippen LogP contribution in [0.2, 0.25) is 0 Å². The van der Waals surface area contributed by atoms with Crippen molar-refractivity contribution in [2.24, 2.45) is 0 Å². The first kappa shape index (κ1) is 20.0. The number of benzene rings is 3. The van der Waals surface area contributed by atoms with Crippen LogP contribution in [0.25, 0.3) is 0 Å². The first-order valence-corrected chi connectivity index (χ1v) is 10.5. The van der Waals surface area contributed by atoms with Crippen LogP contribution in [0.4, 0.5) is 11.4 Å². The maximum Gasteiger partial charge on any atom is 0.251 e. The topological polar surface area (TPSA) is 35.6 Å². The number of hydrogen-bond donors (Lipinski definition) is 1. The summed E-state index contributed by atoms with van der Waals surface area (Å²) in [6.07, 6.45) is 1.04. The fourth-order valence-corrected chi connectivity index (χ4v) is 4.17. The molecule has 1 amide bonds. The molecule has 0 fully saturated rings. The van der Waals surface area contributed by atoms with E-state index in [1.165, 1.54) is 22.5 Å². The molecular weight excluding hydrogens is 370 g/mol. The molecule has 0 unspecified atom stereocenters. The molecule has 1 heterocycles. The Balaban J connectivity index is 1.60. The maximum absolute atomic E-state index is 12.8. The molecule has 3 aromatic carbocycles. The van der Waals surface area contributed by atoms with Crippen LogP contribution in [0, 0.1) is 6.92 Å². The van der Waals surface area contributed by atoms with E-state index in [0.29, 0.717) is 12.1 Å². The Morgan fingerprint density at radius 3 is 2.53 bits per heavy atom. The minimum absolute atomic E-state index is 0.0268. The normalized spacial score (nSPS) is 13.6. The van der Waals surface area contributed by atoms with Crippen molar-refractivity contribution in [1.82, 2.24) is 5.32 Å². The molecule has 154 valence electrons. The molecule has 0 saturated carbocycles. The van der Waals surface area contributed by atoms with E-state index in [1.807, 2.05) is 45.3 Å². The number of fused-ring (bicyclic) bond motifs is 1. The van der Waals surface area contributed by atoms with Crippen molar-refractivity contribution in [2.75, 3.05) is 37.0 Å². The number of amides is 1. The van der Waals surface area contributed by atoms with Gasteiger partial charge in [-0.3, -0.25) is 4.79 Å². The van der Waals surface area contributed by atoms with E-state index in [1.54, 1.807) is 0 Å². The van der Waals surface area contributed by atoms with Crippen molar-refractivity contribution in [3.05, 3.63) is 95.1 Å². The smallest absolute Gasteiger partial charge is 0.251 e. The number of carbonyl (C=O) groups is 1. The Morgan fingerprint density at radius 1 is 1.03 bits per heavy atom. The summed E-state index contributed by atoms with van der Waals surface area (Å²) < 4.78 is 0. The summed E-state index contributed by atoms with van der Waals surface area (Å²) in [6, 6.07) is 25.1. The molecule has 4 nitrogen and oxygen atoms in total. The standard InChI is InChI=1S/C26H29N3O/c1-19-7-6-9-22(17-19)26(30)27-18-25(21-11-13-23(14-12-21)28(2)3)29-16-15-20-8-4-5-10-24(20)29/h4-14,17,25H,15-16,18H2,1-3H3,(H,27,30)/t25-/m0/s1. The fraction of sp³-hybridized carbons (Fsp3) is 0.269. The highest BCUT2D eigenvalue weighted by molar-refractivity contribution is 5.94. The first-order chi connectivity index (χ1) is 14.5. The van der Waals surface area contributed by atoms with E-state index < -0.39 is 0 Å². The quantitative estimate of drug-likeness (QED) is 0.658. The van der Waals surface area contributed by atoms with Crippen LogP contribution in [-0.4, -0.2) is 33.1 Å². The number of nitrogens with one attached hydrogen (secondary N) is 1. The summed E-state index contributed by atoms with van der Waals surface area (Å²) in [5, 5.41) is 3.18. The van der Waals surface area contributed by atoms with Gasteiger partial charge < -0.3 is 15.1 Å². The Morgan fingerprint density at radius 2 is 1.80 bits per heavy atom. The molecule has 30 heavy (non-hydrogen) atoms. The van der Waals surface area contributed by atoms with Crippen molar-refractivity contribution >= 4 is 17.3 Å². The third-order valence-electron chi connectivity index (χ3n) is 5.83. The average Bonchev–Trinajstić information content (AvgIpc) is 3.18. The van der Waals surface area contributed by atoms with E-state index in [9.17, 15) is 4.79 Å². The molecule has 1 N–H and O–H groups in total. The van der Waals surface area contributed by atoms with E-state index in [-0.39, 0.29) is 11.9 Å². The second kappa shape index (κ2) is 8.62. The van der Waals surface area contributed by atoms with Gasteiger partial charge in [0.1, 0.15) is 0 Å². The van der Waals surface area contributed by atoms with Crippen LogP contribution >= 0.6 is 0 Å². The minimum Gasteiger partial charge on any atom is -0.378 e. The molecule has 1 aliphatic heterocycles. The highest BCUT2D eigenvalue weighted by Crippen LogP contribution is 2.35. The minimum atomic E-state index is -0.0268. The van der Waals surface area contributed by atoms with Crippen molar-refractivity contribution in [3.63, 3.8) is 0 Å². The highest BCUT2D eigenvalue weighted by Gasteiger charge is 2.27.